The first-order valence-corrected chi connectivity index (χ1v) is 9.44. The van der Waals surface area contributed by atoms with Crippen molar-refractivity contribution in [1.29, 1.82) is 0 Å². The minimum Gasteiger partial charge on any atom is -0.497 e. The summed E-state index contributed by atoms with van der Waals surface area (Å²) in [5.74, 6) is 0.0146. The van der Waals surface area contributed by atoms with Crippen LogP contribution in [0.1, 0.15) is 33.6 Å². The third kappa shape index (κ3) is 4.93. The van der Waals surface area contributed by atoms with E-state index in [0.29, 0.717) is 48.5 Å². The maximum absolute atomic E-state index is 12.6. The third-order valence-corrected chi connectivity index (χ3v) is 5.06. The van der Waals surface area contributed by atoms with Gasteiger partial charge in [0.25, 0.3) is 5.91 Å². The first kappa shape index (κ1) is 20.4. The number of piperidine rings is 1. The smallest absolute Gasteiger partial charge is 0.337 e. The number of nitrogens with one attached hydrogen (secondary N) is 1. The van der Waals surface area contributed by atoms with E-state index in [1.165, 1.54) is 7.11 Å². The molecule has 0 atom stereocenters. The molecular weight excluding hydrogens is 372 g/mol. The number of carbonyl (C=O) groups excluding carboxylic acids is 3. The fourth-order valence-corrected chi connectivity index (χ4v) is 3.31. The van der Waals surface area contributed by atoms with Crippen molar-refractivity contribution in [2.75, 3.05) is 32.6 Å². The standard InChI is InChI=1S/C22H24N2O5/c1-28-19-9-5-16(6-10-19)21(26)24-13-11-15(12-14-24)20(25)23-18-7-3-17(4-8-18)22(27)29-2/h3-10,15H,11-14H2,1-2H3,(H,23,25). The molecule has 3 rings (SSSR count). The second-order valence-electron chi connectivity index (χ2n) is 6.85. The zero-order chi connectivity index (χ0) is 20.8. The Morgan fingerprint density at radius 2 is 1.48 bits per heavy atom. The average Bonchev–Trinajstić information content (AvgIpc) is 2.78. The number of amides is 2. The normalized spacial score (nSPS) is 14.2. The number of benzene rings is 2. The molecule has 1 aliphatic heterocycles. The molecule has 0 aliphatic carbocycles. The maximum atomic E-state index is 12.6. The molecule has 0 unspecified atom stereocenters. The van der Waals surface area contributed by atoms with Gasteiger partial charge >= 0.3 is 5.97 Å². The summed E-state index contributed by atoms with van der Waals surface area (Å²) in [5, 5.41) is 2.88. The summed E-state index contributed by atoms with van der Waals surface area (Å²) in [7, 11) is 2.91. The number of hydrogen-bond donors (Lipinski definition) is 1. The first-order valence-electron chi connectivity index (χ1n) is 9.44. The van der Waals surface area contributed by atoms with Gasteiger partial charge in [-0.2, -0.15) is 0 Å². The molecule has 7 heteroatoms. The van der Waals surface area contributed by atoms with Crippen LogP contribution < -0.4 is 10.1 Å². The van der Waals surface area contributed by atoms with E-state index >= 15 is 0 Å². The van der Waals surface area contributed by atoms with E-state index in [0.717, 1.165) is 0 Å². The molecule has 1 aliphatic rings. The van der Waals surface area contributed by atoms with Crippen molar-refractivity contribution in [3.8, 4) is 5.75 Å². The Morgan fingerprint density at radius 1 is 0.897 bits per heavy atom. The molecule has 1 N–H and O–H groups in total. The number of carbonyl (C=O) groups is 3. The first-order chi connectivity index (χ1) is 14.0. The van der Waals surface area contributed by atoms with Gasteiger partial charge in [-0.25, -0.2) is 4.79 Å². The summed E-state index contributed by atoms with van der Waals surface area (Å²) in [5.41, 5.74) is 1.66. The Bertz CT molecular complexity index is 869. The van der Waals surface area contributed by atoms with E-state index in [1.807, 2.05) is 0 Å². The van der Waals surface area contributed by atoms with E-state index in [2.05, 4.69) is 10.1 Å². The summed E-state index contributed by atoms with van der Waals surface area (Å²) < 4.78 is 9.78. The van der Waals surface area contributed by atoms with Crippen molar-refractivity contribution < 1.29 is 23.9 Å². The third-order valence-electron chi connectivity index (χ3n) is 5.06. The van der Waals surface area contributed by atoms with Gasteiger partial charge in [0.05, 0.1) is 19.8 Å². The molecule has 1 heterocycles. The molecule has 7 nitrogen and oxygen atoms in total. The largest absolute Gasteiger partial charge is 0.497 e. The van der Waals surface area contributed by atoms with Crippen molar-refractivity contribution in [3.63, 3.8) is 0 Å². The lowest BCUT2D eigenvalue weighted by molar-refractivity contribution is -0.121. The van der Waals surface area contributed by atoms with E-state index < -0.39 is 5.97 Å². The fraction of sp³-hybridized carbons (Fsp3) is 0.318. The number of rotatable bonds is 5. The van der Waals surface area contributed by atoms with Crippen LogP contribution in [0.5, 0.6) is 5.75 Å². The summed E-state index contributed by atoms with van der Waals surface area (Å²) in [6.45, 7) is 1.06. The van der Waals surface area contributed by atoms with Crippen molar-refractivity contribution in [2.24, 2.45) is 5.92 Å². The summed E-state index contributed by atoms with van der Waals surface area (Å²) >= 11 is 0. The van der Waals surface area contributed by atoms with Crippen LogP contribution in [0.4, 0.5) is 5.69 Å². The highest BCUT2D eigenvalue weighted by Gasteiger charge is 2.28. The lowest BCUT2D eigenvalue weighted by atomic mass is 9.95. The SMILES string of the molecule is COC(=O)c1ccc(NC(=O)C2CCN(C(=O)c3ccc(OC)cc3)CC2)cc1. The topological polar surface area (TPSA) is 84.9 Å². The number of hydrogen-bond acceptors (Lipinski definition) is 5. The van der Waals surface area contributed by atoms with Gasteiger partial charge in [0.2, 0.25) is 5.91 Å². The number of ether oxygens (including phenoxy) is 2. The van der Waals surface area contributed by atoms with Gasteiger partial charge in [0.15, 0.2) is 0 Å². The van der Waals surface area contributed by atoms with E-state index in [9.17, 15) is 14.4 Å². The molecule has 0 bridgehead atoms. The second kappa shape index (κ2) is 9.23. The lowest BCUT2D eigenvalue weighted by Crippen LogP contribution is -2.41. The number of esters is 1. The molecule has 2 amide bonds. The van der Waals surface area contributed by atoms with Gasteiger partial charge < -0.3 is 19.7 Å². The monoisotopic (exact) mass is 396 g/mol. The average molecular weight is 396 g/mol. The van der Waals surface area contributed by atoms with Crippen molar-refractivity contribution in [3.05, 3.63) is 59.7 Å². The highest BCUT2D eigenvalue weighted by Crippen LogP contribution is 2.22. The molecule has 29 heavy (non-hydrogen) atoms. The second-order valence-corrected chi connectivity index (χ2v) is 6.85. The number of methoxy groups -OCH3 is 2. The van der Waals surface area contributed by atoms with Gasteiger partial charge in [-0.1, -0.05) is 0 Å². The minimum absolute atomic E-state index is 0.0371. The number of likely N-dealkylation sites (tertiary alicyclic amines) is 1. The van der Waals surface area contributed by atoms with E-state index in [4.69, 9.17) is 4.74 Å². The van der Waals surface area contributed by atoms with Crippen LogP contribution in [0.25, 0.3) is 0 Å². The zero-order valence-corrected chi connectivity index (χ0v) is 16.5. The molecule has 2 aromatic rings. The molecule has 0 radical (unpaired) electrons. The molecule has 0 saturated carbocycles. The molecule has 2 aromatic carbocycles. The van der Waals surface area contributed by atoms with Crippen LogP contribution in [-0.2, 0) is 9.53 Å². The maximum Gasteiger partial charge on any atom is 0.337 e. The summed E-state index contributed by atoms with van der Waals surface area (Å²) in [4.78, 5) is 38.4. The number of nitrogens with zero attached hydrogens (tertiary/aromatic N) is 1. The Morgan fingerprint density at radius 3 is 2.03 bits per heavy atom. The summed E-state index contributed by atoms with van der Waals surface area (Å²) in [6, 6.07) is 13.6. The van der Waals surface area contributed by atoms with Gasteiger partial charge in [-0.05, 0) is 61.4 Å². The van der Waals surface area contributed by atoms with Crippen LogP contribution in [0.15, 0.2) is 48.5 Å². The van der Waals surface area contributed by atoms with Gasteiger partial charge in [0, 0.05) is 30.3 Å². The molecule has 152 valence electrons. The molecule has 0 aromatic heterocycles. The van der Waals surface area contributed by atoms with Gasteiger partial charge in [0.1, 0.15) is 5.75 Å². The highest BCUT2D eigenvalue weighted by molar-refractivity contribution is 5.96. The summed E-state index contributed by atoms with van der Waals surface area (Å²) in [6.07, 6.45) is 1.21. The van der Waals surface area contributed by atoms with Crippen molar-refractivity contribution >= 4 is 23.5 Å². The molecule has 1 saturated heterocycles. The quantitative estimate of drug-likeness (QED) is 0.786. The highest BCUT2D eigenvalue weighted by atomic mass is 16.5. The molecule has 0 spiro atoms. The van der Waals surface area contributed by atoms with Crippen LogP contribution in [0.3, 0.4) is 0 Å². The van der Waals surface area contributed by atoms with Crippen LogP contribution in [-0.4, -0.2) is 50.0 Å². The number of anilines is 1. The van der Waals surface area contributed by atoms with Crippen LogP contribution in [0.2, 0.25) is 0 Å². The van der Waals surface area contributed by atoms with E-state index in [1.54, 1.807) is 60.5 Å². The molecular formula is C22H24N2O5. The minimum atomic E-state index is -0.420. The Labute approximate surface area is 169 Å². The van der Waals surface area contributed by atoms with Crippen LogP contribution >= 0.6 is 0 Å². The Balaban J connectivity index is 1.52. The van der Waals surface area contributed by atoms with Crippen molar-refractivity contribution in [1.82, 2.24) is 4.90 Å². The lowest BCUT2D eigenvalue weighted by Gasteiger charge is -2.31. The van der Waals surface area contributed by atoms with E-state index in [-0.39, 0.29) is 17.7 Å². The predicted octanol–water partition coefficient (Wildman–Crippen LogP) is 2.97. The Kier molecular flexibility index (Phi) is 6.49. The van der Waals surface area contributed by atoms with Gasteiger partial charge in [-0.3, -0.25) is 9.59 Å². The zero-order valence-electron chi connectivity index (χ0n) is 16.5. The van der Waals surface area contributed by atoms with Gasteiger partial charge in [-0.15, -0.1) is 0 Å². The fourth-order valence-electron chi connectivity index (χ4n) is 3.31. The van der Waals surface area contributed by atoms with Crippen LogP contribution in [0, 0.1) is 5.92 Å². The Hall–Kier alpha value is -3.35. The predicted molar refractivity (Wildman–Crippen MR) is 108 cm³/mol. The van der Waals surface area contributed by atoms with Crippen molar-refractivity contribution in [2.45, 2.75) is 12.8 Å². The molecule has 1 fully saturated rings.